The quantitative estimate of drug-likeness (QED) is 0.794. The standard InChI is InChI=1S/C20H27NO4/c1-23-16-6-4-14(5-7-16)12-19(22)21-10-8-18(25-13-15-2-3-15)20-17(21)9-11-24-20/h4-7,15,17-18,20H,2-3,8-13H2,1H3/t17-,18+,20-/m0/s1. The average molecular weight is 345 g/mol. The largest absolute Gasteiger partial charge is 0.497 e. The van der Waals surface area contributed by atoms with Crippen molar-refractivity contribution in [3.63, 3.8) is 0 Å². The summed E-state index contributed by atoms with van der Waals surface area (Å²) in [6, 6.07) is 7.91. The van der Waals surface area contributed by atoms with Gasteiger partial charge in [0, 0.05) is 19.8 Å². The van der Waals surface area contributed by atoms with Crippen molar-refractivity contribution in [1.82, 2.24) is 4.90 Å². The Hall–Kier alpha value is -1.59. The summed E-state index contributed by atoms with van der Waals surface area (Å²) in [5.74, 6) is 1.76. The molecule has 2 heterocycles. The molecule has 3 atom stereocenters. The Morgan fingerprint density at radius 3 is 2.72 bits per heavy atom. The van der Waals surface area contributed by atoms with E-state index < -0.39 is 0 Å². The lowest BCUT2D eigenvalue weighted by atomic mass is 9.94. The van der Waals surface area contributed by atoms with Crippen molar-refractivity contribution in [3.05, 3.63) is 29.8 Å². The number of fused-ring (bicyclic) bond motifs is 1. The third-order valence-electron chi connectivity index (χ3n) is 5.60. The van der Waals surface area contributed by atoms with Crippen molar-refractivity contribution in [3.8, 4) is 5.75 Å². The van der Waals surface area contributed by atoms with E-state index in [9.17, 15) is 4.79 Å². The molecule has 0 aromatic heterocycles. The molecular formula is C20H27NO4. The fourth-order valence-electron chi connectivity index (χ4n) is 3.94. The molecule has 1 aromatic carbocycles. The molecule has 1 aromatic rings. The molecule has 0 bridgehead atoms. The molecule has 3 fully saturated rings. The molecule has 2 saturated heterocycles. The minimum Gasteiger partial charge on any atom is -0.497 e. The summed E-state index contributed by atoms with van der Waals surface area (Å²) in [7, 11) is 1.65. The van der Waals surface area contributed by atoms with Crippen molar-refractivity contribution in [2.24, 2.45) is 5.92 Å². The van der Waals surface area contributed by atoms with E-state index in [-0.39, 0.29) is 24.2 Å². The van der Waals surface area contributed by atoms with Crippen molar-refractivity contribution in [2.75, 3.05) is 26.9 Å². The van der Waals surface area contributed by atoms with Crippen LogP contribution in [0.4, 0.5) is 0 Å². The lowest BCUT2D eigenvalue weighted by Gasteiger charge is -2.41. The Morgan fingerprint density at radius 1 is 1.20 bits per heavy atom. The Morgan fingerprint density at radius 2 is 2.00 bits per heavy atom. The van der Waals surface area contributed by atoms with Crippen LogP contribution in [0.1, 0.15) is 31.2 Å². The van der Waals surface area contributed by atoms with Crippen LogP contribution in [0.25, 0.3) is 0 Å². The molecule has 4 rings (SSSR count). The summed E-state index contributed by atoms with van der Waals surface area (Å²) in [6.07, 6.45) is 5.03. The maximum absolute atomic E-state index is 12.8. The molecule has 25 heavy (non-hydrogen) atoms. The fourth-order valence-corrected chi connectivity index (χ4v) is 3.94. The van der Waals surface area contributed by atoms with Gasteiger partial charge in [-0.3, -0.25) is 4.79 Å². The van der Waals surface area contributed by atoms with Gasteiger partial charge in [-0.05, 0) is 49.3 Å². The molecule has 3 aliphatic rings. The lowest BCUT2D eigenvalue weighted by Crippen LogP contribution is -2.55. The minimum absolute atomic E-state index is 0.0484. The summed E-state index contributed by atoms with van der Waals surface area (Å²) in [4.78, 5) is 14.9. The van der Waals surface area contributed by atoms with Gasteiger partial charge in [0.2, 0.25) is 5.91 Å². The number of amides is 1. The summed E-state index contributed by atoms with van der Waals surface area (Å²) in [6.45, 7) is 2.36. The molecule has 0 N–H and O–H groups in total. The first-order chi connectivity index (χ1) is 12.2. The van der Waals surface area contributed by atoms with Gasteiger partial charge in [-0.2, -0.15) is 0 Å². The smallest absolute Gasteiger partial charge is 0.227 e. The molecule has 5 heteroatoms. The lowest BCUT2D eigenvalue weighted by molar-refractivity contribution is -0.145. The summed E-state index contributed by atoms with van der Waals surface area (Å²) in [5.41, 5.74) is 1.02. The van der Waals surface area contributed by atoms with Crippen LogP contribution < -0.4 is 4.74 Å². The van der Waals surface area contributed by atoms with Gasteiger partial charge in [-0.1, -0.05) is 12.1 Å². The molecule has 0 unspecified atom stereocenters. The molecule has 2 aliphatic heterocycles. The van der Waals surface area contributed by atoms with E-state index in [4.69, 9.17) is 14.2 Å². The Kier molecular flexibility index (Phi) is 4.95. The summed E-state index contributed by atoms with van der Waals surface area (Å²) in [5, 5.41) is 0. The van der Waals surface area contributed by atoms with Gasteiger partial charge in [0.05, 0.1) is 25.7 Å². The zero-order valence-electron chi connectivity index (χ0n) is 14.9. The van der Waals surface area contributed by atoms with Crippen LogP contribution in [0.3, 0.4) is 0 Å². The number of nitrogens with zero attached hydrogens (tertiary/aromatic N) is 1. The topological polar surface area (TPSA) is 48.0 Å². The molecule has 0 radical (unpaired) electrons. The number of hydrogen-bond donors (Lipinski definition) is 0. The van der Waals surface area contributed by atoms with Crippen LogP contribution in [0, 0.1) is 5.92 Å². The van der Waals surface area contributed by atoms with Gasteiger partial charge < -0.3 is 19.1 Å². The first-order valence-electron chi connectivity index (χ1n) is 9.40. The zero-order chi connectivity index (χ0) is 17.2. The molecule has 0 spiro atoms. The van der Waals surface area contributed by atoms with E-state index in [0.717, 1.165) is 49.8 Å². The van der Waals surface area contributed by atoms with Crippen LogP contribution in [-0.2, 0) is 20.7 Å². The second-order valence-corrected chi connectivity index (χ2v) is 7.41. The van der Waals surface area contributed by atoms with Crippen LogP contribution in [0.15, 0.2) is 24.3 Å². The maximum Gasteiger partial charge on any atom is 0.227 e. The maximum atomic E-state index is 12.8. The van der Waals surface area contributed by atoms with Gasteiger partial charge in [-0.25, -0.2) is 0 Å². The second-order valence-electron chi connectivity index (χ2n) is 7.41. The number of carbonyl (C=O) groups is 1. The van der Waals surface area contributed by atoms with E-state index in [0.29, 0.717) is 6.42 Å². The Bertz CT molecular complexity index is 598. The number of methoxy groups -OCH3 is 1. The van der Waals surface area contributed by atoms with E-state index >= 15 is 0 Å². The van der Waals surface area contributed by atoms with Gasteiger partial charge in [-0.15, -0.1) is 0 Å². The first-order valence-corrected chi connectivity index (χ1v) is 9.40. The van der Waals surface area contributed by atoms with Gasteiger partial charge in [0.1, 0.15) is 11.9 Å². The zero-order valence-corrected chi connectivity index (χ0v) is 14.9. The Labute approximate surface area is 149 Å². The molecule has 1 saturated carbocycles. The number of rotatable bonds is 6. The van der Waals surface area contributed by atoms with Crippen molar-refractivity contribution in [1.29, 1.82) is 0 Å². The predicted molar refractivity (Wildman–Crippen MR) is 93.6 cm³/mol. The highest BCUT2D eigenvalue weighted by Gasteiger charge is 2.44. The number of likely N-dealkylation sites (tertiary alicyclic amines) is 1. The molecule has 136 valence electrons. The molecule has 1 amide bonds. The highest BCUT2D eigenvalue weighted by molar-refractivity contribution is 5.79. The number of carbonyl (C=O) groups excluding carboxylic acids is 1. The molecular weight excluding hydrogens is 318 g/mol. The van der Waals surface area contributed by atoms with Crippen LogP contribution >= 0.6 is 0 Å². The minimum atomic E-state index is 0.0484. The fraction of sp³-hybridized carbons (Fsp3) is 0.650. The van der Waals surface area contributed by atoms with Gasteiger partial charge in [0.25, 0.3) is 0 Å². The van der Waals surface area contributed by atoms with Crippen LogP contribution in [0.5, 0.6) is 5.75 Å². The number of benzene rings is 1. The highest BCUT2D eigenvalue weighted by atomic mass is 16.5. The Balaban J connectivity index is 1.37. The van der Waals surface area contributed by atoms with Crippen molar-refractivity contribution in [2.45, 2.75) is 50.4 Å². The van der Waals surface area contributed by atoms with Gasteiger partial charge >= 0.3 is 0 Å². The monoisotopic (exact) mass is 345 g/mol. The number of piperidine rings is 1. The third-order valence-corrected chi connectivity index (χ3v) is 5.60. The van der Waals surface area contributed by atoms with E-state index in [1.807, 2.05) is 29.2 Å². The van der Waals surface area contributed by atoms with Crippen LogP contribution in [-0.4, -0.2) is 55.9 Å². The third kappa shape index (κ3) is 3.82. The normalized spacial score (nSPS) is 28.7. The molecule has 1 aliphatic carbocycles. The number of hydrogen-bond acceptors (Lipinski definition) is 4. The van der Waals surface area contributed by atoms with E-state index in [1.165, 1.54) is 12.8 Å². The van der Waals surface area contributed by atoms with Crippen molar-refractivity contribution < 1.29 is 19.0 Å². The second kappa shape index (κ2) is 7.34. The van der Waals surface area contributed by atoms with Gasteiger partial charge in [0.15, 0.2) is 0 Å². The van der Waals surface area contributed by atoms with E-state index in [2.05, 4.69) is 0 Å². The summed E-state index contributed by atoms with van der Waals surface area (Å²) >= 11 is 0. The first kappa shape index (κ1) is 16.9. The molecule has 5 nitrogen and oxygen atoms in total. The van der Waals surface area contributed by atoms with Crippen molar-refractivity contribution >= 4 is 5.91 Å². The average Bonchev–Trinajstić information content (AvgIpc) is 3.34. The highest BCUT2D eigenvalue weighted by Crippen LogP contribution is 2.34. The summed E-state index contributed by atoms with van der Waals surface area (Å²) < 4.78 is 17.2. The van der Waals surface area contributed by atoms with Crippen LogP contribution in [0.2, 0.25) is 0 Å². The SMILES string of the molecule is COc1ccc(CC(=O)N2CC[C@@H](OCC3CC3)[C@H]3OCC[C@@H]32)cc1. The number of ether oxygens (including phenoxy) is 3. The van der Waals surface area contributed by atoms with E-state index in [1.54, 1.807) is 7.11 Å². The predicted octanol–water partition coefficient (Wildman–Crippen LogP) is 2.42.